The largest absolute Gasteiger partial charge is 1.00 e. The molecule has 3 heteroatoms. The molecule has 1 rings (SSSR count). The third-order valence-corrected chi connectivity index (χ3v) is 5.22. The molecule has 0 saturated heterocycles. The van der Waals surface area contributed by atoms with Gasteiger partial charge in [0.25, 0.3) is 0 Å². The number of quaternary nitrogens is 1. The van der Waals surface area contributed by atoms with E-state index in [0.29, 0.717) is 6.10 Å². The number of unbranched alkanes of at least 4 members (excludes halogenated alkanes) is 3. The van der Waals surface area contributed by atoms with E-state index >= 15 is 0 Å². The van der Waals surface area contributed by atoms with Crippen LogP contribution < -0.4 is 12.4 Å². The first-order valence-corrected chi connectivity index (χ1v) is 9.29. The summed E-state index contributed by atoms with van der Waals surface area (Å²) >= 11 is 0. The molecule has 0 radical (unpaired) electrons. The molecule has 0 spiro atoms. The molecule has 3 atom stereocenters. The third kappa shape index (κ3) is 8.17. The van der Waals surface area contributed by atoms with Gasteiger partial charge in [0, 0.05) is 0 Å². The maximum atomic E-state index is 6.42. The van der Waals surface area contributed by atoms with Crippen LogP contribution in [0.1, 0.15) is 72.6 Å². The highest BCUT2D eigenvalue weighted by Crippen LogP contribution is 2.35. The Hall–Kier alpha value is 0.210. The van der Waals surface area contributed by atoms with E-state index in [9.17, 15) is 0 Å². The van der Waals surface area contributed by atoms with Crippen molar-refractivity contribution < 1.29 is 21.6 Å². The molecule has 22 heavy (non-hydrogen) atoms. The molecule has 1 aliphatic rings. The van der Waals surface area contributed by atoms with E-state index in [2.05, 4.69) is 41.8 Å². The first kappa shape index (κ1) is 22.2. The normalized spacial score (nSPS) is 26.0. The Labute approximate surface area is 146 Å². The van der Waals surface area contributed by atoms with Gasteiger partial charge in [-0.15, -0.1) is 0 Å². The fourth-order valence-electron chi connectivity index (χ4n) is 3.64. The van der Waals surface area contributed by atoms with Crippen LogP contribution >= 0.6 is 0 Å². The van der Waals surface area contributed by atoms with Gasteiger partial charge in [-0.05, 0) is 43.4 Å². The molecule has 1 saturated carbocycles. The van der Waals surface area contributed by atoms with Gasteiger partial charge in [0.15, 0.2) is 6.73 Å². The van der Waals surface area contributed by atoms with Gasteiger partial charge in [-0.25, -0.2) is 0 Å². The van der Waals surface area contributed by atoms with E-state index in [0.717, 1.165) is 29.0 Å². The summed E-state index contributed by atoms with van der Waals surface area (Å²) in [7, 11) is 4.64. The summed E-state index contributed by atoms with van der Waals surface area (Å²) in [5.41, 5.74) is 0. The SMILES string of the molecule is CCCCCC[N+](C)(C)CO[C@@H]1C[C@H](C)CC[C@H]1C(C)C.[Cl-]. The summed E-state index contributed by atoms with van der Waals surface area (Å²) < 4.78 is 7.43. The second kappa shape index (κ2) is 10.9. The molecular weight excluding hydrogens is 294 g/mol. The van der Waals surface area contributed by atoms with Gasteiger partial charge < -0.3 is 21.6 Å². The van der Waals surface area contributed by atoms with Crippen molar-refractivity contribution in [2.24, 2.45) is 17.8 Å². The molecule has 1 aliphatic carbocycles. The van der Waals surface area contributed by atoms with Crippen molar-refractivity contribution in [2.45, 2.75) is 78.7 Å². The van der Waals surface area contributed by atoms with Crippen LogP contribution in [0.4, 0.5) is 0 Å². The molecule has 1 fully saturated rings. The number of hydrogen-bond donors (Lipinski definition) is 0. The Morgan fingerprint density at radius 3 is 2.36 bits per heavy atom. The number of nitrogens with zero attached hydrogens (tertiary/aromatic N) is 1. The zero-order chi connectivity index (χ0) is 15.9. The highest BCUT2D eigenvalue weighted by Gasteiger charge is 2.32. The fraction of sp³-hybridized carbons (Fsp3) is 1.00. The van der Waals surface area contributed by atoms with Gasteiger partial charge >= 0.3 is 0 Å². The van der Waals surface area contributed by atoms with E-state index in [1.165, 1.54) is 51.5 Å². The van der Waals surface area contributed by atoms with Crippen LogP contribution in [0.5, 0.6) is 0 Å². The van der Waals surface area contributed by atoms with E-state index in [1.54, 1.807) is 0 Å². The Morgan fingerprint density at radius 1 is 1.09 bits per heavy atom. The molecule has 0 amide bonds. The fourth-order valence-corrected chi connectivity index (χ4v) is 3.64. The highest BCUT2D eigenvalue weighted by molar-refractivity contribution is 4.81. The number of halogens is 1. The average Bonchev–Trinajstić information content (AvgIpc) is 2.41. The minimum absolute atomic E-state index is 0. The van der Waals surface area contributed by atoms with Crippen molar-refractivity contribution in [1.82, 2.24) is 0 Å². The van der Waals surface area contributed by atoms with Crippen molar-refractivity contribution in [3.05, 3.63) is 0 Å². The van der Waals surface area contributed by atoms with E-state index < -0.39 is 0 Å². The zero-order valence-electron chi connectivity index (χ0n) is 15.9. The van der Waals surface area contributed by atoms with Crippen LogP contribution in [0.25, 0.3) is 0 Å². The highest BCUT2D eigenvalue weighted by atomic mass is 35.5. The molecule has 0 unspecified atom stereocenters. The lowest BCUT2D eigenvalue weighted by molar-refractivity contribution is -0.911. The summed E-state index contributed by atoms with van der Waals surface area (Å²) in [4.78, 5) is 0. The Bertz CT molecular complexity index is 281. The second-order valence-electron chi connectivity index (χ2n) is 8.38. The lowest BCUT2D eigenvalue weighted by Crippen LogP contribution is -3.00. The molecule has 0 bridgehead atoms. The van der Waals surface area contributed by atoms with Crippen molar-refractivity contribution in [3.63, 3.8) is 0 Å². The molecule has 0 aromatic carbocycles. The van der Waals surface area contributed by atoms with Gasteiger partial charge in [0.2, 0.25) is 0 Å². The molecule has 134 valence electrons. The smallest absolute Gasteiger partial charge is 0.183 e. The summed E-state index contributed by atoms with van der Waals surface area (Å²) in [5.74, 6) is 2.36. The van der Waals surface area contributed by atoms with Gasteiger partial charge in [-0.3, -0.25) is 0 Å². The summed E-state index contributed by atoms with van der Waals surface area (Å²) in [6.45, 7) is 11.5. The quantitative estimate of drug-likeness (QED) is 0.356. The van der Waals surface area contributed by atoms with Gasteiger partial charge in [0.1, 0.15) is 0 Å². The van der Waals surface area contributed by atoms with Gasteiger partial charge in [-0.2, -0.15) is 0 Å². The molecule has 0 N–H and O–H groups in total. The number of hydrogen-bond acceptors (Lipinski definition) is 1. The third-order valence-electron chi connectivity index (χ3n) is 5.22. The van der Waals surface area contributed by atoms with E-state index in [1.807, 2.05) is 0 Å². The minimum Gasteiger partial charge on any atom is -1.00 e. The monoisotopic (exact) mass is 333 g/mol. The zero-order valence-corrected chi connectivity index (χ0v) is 16.7. The van der Waals surface area contributed by atoms with Crippen molar-refractivity contribution in [1.29, 1.82) is 0 Å². The summed E-state index contributed by atoms with van der Waals surface area (Å²) in [6.07, 6.45) is 9.88. The predicted molar refractivity (Wildman–Crippen MR) is 92.2 cm³/mol. The second-order valence-corrected chi connectivity index (χ2v) is 8.38. The number of rotatable bonds is 9. The Balaban J connectivity index is 0.00000441. The van der Waals surface area contributed by atoms with Crippen molar-refractivity contribution in [2.75, 3.05) is 27.4 Å². The maximum absolute atomic E-state index is 6.42. The Morgan fingerprint density at radius 2 is 1.77 bits per heavy atom. The van der Waals surface area contributed by atoms with Crippen LogP contribution in [0.15, 0.2) is 0 Å². The van der Waals surface area contributed by atoms with Crippen LogP contribution in [-0.2, 0) is 4.74 Å². The van der Waals surface area contributed by atoms with Crippen LogP contribution in [0, 0.1) is 17.8 Å². The lowest BCUT2D eigenvalue weighted by Gasteiger charge is -2.39. The van der Waals surface area contributed by atoms with Crippen LogP contribution in [-0.4, -0.2) is 38.0 Å². The van der Waals surface area contributed by atoms with E-state index in [-0.39, 0.29) is 12.4 Å². The van der Waals surface area contributed by atoms with Crippen LogP contribution in [0.3, 0.4) is 0 Å². The minimum atomic E-state index is 0. The average molecular weight is 334 g/mol. The molecule has 0 aromatic heterocycles. The topological polar surface area (TPSA) is 9.23 Å². The first-order chi connectivity index (χ1) is 9.85. The van der Waals surface area contributed by atoms with E-state index in [4.69, 9.17) is 4.74 Å². The van der Waals surface area contributed by atoms with Gasteiger partial charge in [-0.1, -0.05) is 47.0 Å². The molecule has 0 aliphatic heterocycles. The van der Waals surface area contributed by atoms with Gasteiger partial charge in [0.05, 0.1) is 26.7 Å². The summed E-state index contributed by atoms with van der Waals surface area (Å²) in [5, 5.41) is 0. The predicted octanol–water partition coefficient (Wildman–Crippen LogP) is 2.08. The van der Waals surface area contributed by atoms with Crippen LogP contribution in [0.2, 0.25) is 0 Å². The maximum Gasteiger partial charge on any atom is 0.183 e. The first-order valence-electron chi connectivity index (χ1n) is 9.29. The summed E-state index contributed by atoms with van der Waals surface area (Å²) in [6, 6.07) is 0. The molecule has 0 heterocycles. The molecular formula is C19H40ClNO. The Kier molecular flexibility index (Phi) is 11.0. The molecule has 0 aromatic rings. The van der Waals surface area contributed by atoms with Crippen molar-refractivity contribution in [3.8, 4) is 0 Å². The molecule has 2 nitrogen and oxygen atoms in total. The number of ether oxygens (including phenoxy) is 1. The lowest BCUT2D eigenvalue weighted by atomic mass is 9.75. The van der Waals surface area contributed by atoms with Crippen molar-refractivity contribution >= 4 is 0 Å². The standard InChI is InChI=1S/C19H40NO.ClH/c1-7-8-9-10-13-20(5,6)15-21-19-14-17(4)11-12-18(19)16(2)3;/h16-19H,7-15H2,1-6H3;1H/q+1;/p-1/t17-,18+,19-;/m1./s1.